The zero-order valence-electron chi connectivity index (χ0n) is 8.92. The zero-order chi connectivity index (χ0) is 10.6. The average Bonchev–Trinajstić information content (AvgIpc) is 2.16. The molecule has 1 rings (SSSR count). The van der Waals surface area contributed by atoms with E-state index >= 15 is 0 Å². The minimum atomic E-state index is 0.667. The largest absolute Gasteiger partial charge is 0.370 e. The predicted octanol–water partition coefficient (Wildman–Crippen LogP) is 3.55. The number of rotatable bonds is 4. The van der Waals surface area contributed by atoms with Crippen LogP contribution in [0.4, 0.5) is 5.82 Å². The molecular weight excluding hydrogens is 240 g/mol. The molecule has 0 aliphatic heterocycles. The highest BCUT2D eigenvalue weighted by Crippen LogP contribution is 2.13. The molecule has 0 fully saturated rings. The number of anilines is 1. The van der Waals surface area contributed by atoms with Gasteiger partial charge in [-0.2, -0.15) is 0 Å². The number of hydrogen-bond donors (Lipinski definition) is 1. The van der Waals surface area contributed by atoms with E-state index in [1.165, 1.54) is 0 Å². The maximum atomic E-state index is 4.25. The summed E-state index contributed by atoms with van der Waals surface area (Å²) in [6, 6.07) is 3.98. The molecular formula is C11H17BrN2. The minimum Gasteiger partial charge on any atom is -0.370 e. The molecule has 1 aromatic heterocycles. The van der Waals surface area contributed by atoms with Gasteiger partial charge in [0.25, 0.3) is 0 Å². The standard InChI is InChI=1S/C11H17BrN2/c1-8(2)9(3)6-13-11-5-4-10(12)7-14-11/h4-5,7-9H,6H2,1-3H3,(H,13,14). The van der Waals surface area contributed by atoms with Crippen LogP contribution >= 0.6 is 15.9 Å². The van der Waals surface area contributed by atoms with E-state index in [4.69, 9.17) is 0 Å². The first-order valence-corrected chi connectivity index (χ1v) is 5.74. The van der Waals surface area contributed by atoms with Crippen LogP contribution in [-0.4, -0.2) is 11.5 Å². The van der Waals surface area contributed by atoms with Crippen molar-refractivity contribution in [1.29, 1.82) is 0 Å². The molecule has 0 amide bonds. The Morgan fingerprint density at radius 1 is 1.36 bits per heavy atom. The lowest BCUT2D eigenvalue weighted by Crippen LogP contribution is -2.16. The Morgan fingerprint density at radius 2 is 2.07 bits per heavy atom. The van der Waals surface area contributed by atoms with E-state index in [1.54, 1.807) is 0 Å². The first kappa shape index (κ1) is 11.5. The molecule has 1 aromatic rings. The summed E-state index contributed by atoms with van der Waals surface area (Å²) in [7, 11) is 0. The number of nitrogens with zero attached hydrogens (tertiary/aromatic N) is 1. The lowest BCUT2D eigenvalue weighted by atomic mass is 9.98. The topological polar surface area (TPSA) is 24.9 Å². The number of pyridine rings is 1. The summed E-state index contributed by atoms with van der Waals surface area (Å²) in [5, 5.41) is 3.32. The normalized spacial score (nSPS) is 12.9. The van der Waals surface area contributed by atoms with Crippen molar-refractivity contribution in [2.24, 2.45) is 11.8 Å². The molecule has 0 radical (unpaired) electrons. The maximum absolute atomic E-state index is 4.25. The molecule has 0 aliphatic carbocycles. The molecule has 14 heavy (non-hydrogen) atoms. The zero-order valence-corrected chi connectivity index (χ0v) is 10.5. The van der Waals surface area contributed by atoms with E-state index < -0.39 is 0 Å². The van der Waals surface area contributed by atoms with Gasteiger partial charge >= 0.3 is 0 Å². The highest BCUT2D eigenvalue weighted by molar-refractivity contribution is 9.10. The molecule has 0 spiro atoms. The summed E-state index contributed by atoms with van der Waals surface area (Å²) in [4.78, 5) is 4.25. The van der Waals surface area contributed by atoms with Crippen molar-refractivity contribution < 1.29 is 0 Å². The van der Waals surface area contributed by atoms with Crippen LogP contribution in [0.15, 0.2) is 22.8 Å². The quantitative estimate of drug-likeness (QED) is 0.892. The predicted molar refractivity (Wildman–Crippen MR) is 64.4 cm³/mol. The van der Waals surface area contributed by atoms with Crippen LogP contribution in [0, 0.1) is 11.8 Å². The van der Waals surface area contributed by atoms with Gasteiger partial charge in [-0.1, -0.05) is 20.8 Å². The van der Waals surface area contributed by atoms with Crippen molar-refractivity contribution in [2.75, 3.05) is 11.9 Å². The monoisotopic (exact) mass is 256 g/mol. The summed E-state index contributed by atoms with van der Waals surface area (Å²) in [6.07, 6.45) is 1.81. The van der Waals surface area contributed by atoms with E-state index in [1.807, 2.05) is 18.3 Å². The van der Waals surface area contributed by atoms with Crippen LogP contribution in [0.3, 0.4) is 0 Å². The molecule has 1 atom stereocenters. The number of aromatic nitrogens is 1. The first-order chi connectivity index (χ1) is 6.59. The SMILES string of the molecule is CC(C)C(C)CNc1ccc(Br)cn1. The van der Waals surface area contributed by atoms with Crippen molar-refractivity contribution in [1.82, 2.24) is 4.98 Å². The van der Waals surface area contributed by atoms with Crippen LogP contribution in [0.2, 0.25) is 0 Å². The van der Waals surface area contributed by atoms with Crippen molar-refractivity contribution in [3.63, 3.8) is 0 Å². The fourth-order valence-corrected chi connectivity index (χ4v) is 1.22. The summed E-state index contributed by atoms with van der Waals surface area (Å²) >= 11 is 3.36. The number of halogens is 1. The lowest BCUT2D eigenvalue weighted by molar-refractivity contribution is 0.439. The highest BCUT2D eigenvalue weighted by Gasteiger charge is 2.06. The van der Waals surface area contributed by atoms with Crippen molar-refractivity contribution in [3.8, 4) is 0 Å². The average molecular weight is 257 g/mol. The summed E-state index contributed by atoms with van der Waals surface area (Å²) in [5.41, 5.74) is 0. The van der Waals surface area contributed by atoms with Gasteiger partial charge in [0.1, 0.15) is 5.82 Å². The van der Waals surface area contributed by atoms with Gasteiger partial charge in [-0.3, -0.25) is 0 Å². The fraction of sp³-hybridized carbons (Fsp3) is 0.545. The Balaban J connectivity index is 2.42. The maximum Gasteiger partial charge on any atom is 0.125 e. The van der Waals surface area contributed by atoms with E-state index in [0.29, 0.717) is 11.8 Å². The van der Waals surface area contributed by atoms with E-state index in [0.717, 1.165) is 16.8 Å². The lowest BCUT2D eigenvalue weighted by Gasteiger charge is -2.16. The molecule has 2 nitrogen and oxygen atoms in total. The van der Waals surface area contributed by atoms with Crippen LogP contribution < -0.4 is 5.32 Å². The molecule has 0 saturated carbocycles. The van der Waals surface area contributed by atoms with Gasteiger partial charge in [-0.15, -0.1) is 0 Å². The third-order valence-electron chi connectivity index (χ3n) is 2.47. The van der Waals surface area contributed by atoms with Gasteiger partial charge in [0.15, 0.2) is 0 Å². The Hall–Kier alpha value is -0.570. The second-order valence-electron chi connectivity index (χ2n) is 3.96. The van der Waals surface area contributed by atoms with Crippen molar-refractivity contribution >= 4 is 21.7 Å². The molecule has 0 bridgehead atoms. The molecule has 78 valence electrons. The van der Waals surface area contributed by atoms with Crippen molar-refractivity contribution in [3.05, 3.63) is 22.8 Å². The van der Waals surface area contributed by atoms with Crippen molar-refractivity contribution in [2.45, 2.75) is 20.8 Å². The molecule has 1 unspecified atom stereocenters. The number of hydrogen-bond acceptors (Lipinski definition) is 2. The smallest absolute Gasteiger partial charge is 0.125 e. The van der Waals surface area contributed by atoms with Gasteiger partial charge in [-0.05, 0) is 39.9 Å². The third-order valence-corrected chi connectivity index (χ3v) is 2.94. The highest BCUT2D eigenvalue weighted by atomic mass is 79.9. The second-order valence-corrected chi connectivity index (χ2v) is 4.88. The Bertz CT molecular complexity index is 269. The summed E-state index contributed by atoms with van der Waals surface area (Å²) in [5.74, 6) is 2.32. The van der Waals surface area contributed by atoms with Gasteiger partial charge in [-0.25, -0.2) is 4.98 Å². The van der Waals surface area contributed by atoms with Gasteiger partial charge in [0.2, 0.25) is 0 Å². The molecule has 0 aromatic carbocycles. The van der Waals surface area contributed by atoms with Gasteiger partial charge < -0.3 is 5.32 Å². The number of nitrogens with one attached hydrogen (secondary N) is 1. The van der Waals surface area contributed by atoms with Crippen LogP contribution in [-0.2, 0) is 0 Å². The molecule has 0 aliphatic rings. The molecule has 1 heterocycles. The van der Waals surface area contributed by atoms with Crippen LogP contribution in [0.25, 0.3) is 0 Å². The Morgan fingerprint density at radius 3 is 2.57 bits per heavy atom. The van der Waals surface area contributed by atoms with E-state index in [2.05, 4.69) is 47.0 Å². The van der Waals surface area contributed by atoms with Crippen LogP contribution in [0.1, 0.15) is 20.8 Å². The van der Waals surface area contributed by atoms with Gasteiger partial charge in [0.05, 0.1) is 0 Å². The third kappa shape index (κ3) is 3.66. The second kappa shape index (κ2) is 5.35. The van der Waals surface area contributed by atoms with E-state index in [9.17, 15) is 0 Å². The fourth-order valence-electron chi connectivity index (χ4n) is 0.982. The van der Waals surface area contributed by atoms with Gasteiger partial charge in [0, 0.05) is 17.2 Å². The molecule has 3 heteroatoms. The molecule has 1 N–H and O–H groups in total. The Labute approximate surface area is 94.3 Å². The summed E-state index contributed by atoms with van der Waals surface area (Å²) in [6.45, 7) is 7.70. The van der Waals surface area contributed by atoms with Crippen LogP contribution in [0.5, 0.6) is 0 Å². The first-order valence-electron chi connectivity index (χ1n) is 4.95. The van der Waals surface area contributed by atoms with E-state index in [-0.39, 0.29) is 0 Å². The minimum absolute atomic E-state index is 0.667. The molecule has 0 saturated heterocycles. The summed E-state index contributed by atoms with van der Waals surface area (Å²) < 4.78 is 1.01. The Kier molecular flexibility index (Phi) is 4.39.